The van der Waals surface area contributed by atoms with E-state index in [1.54, 1.807) is 0 Å². The number of carbonyl (C=O) groups is 2. The van der Waals surface area contributed by atoms with Gasteiger partial charge in [0, 0.05) is 6.42 Å². The molecule has 0 amide bonds. The Bertz CT molecular complexity index is 256. The zero-order valence-electron chi connectivity index (χ0n) is 11.4. The van der Waals surface area contributed by atoms with Crippen molar-refractivity contribution in [1.29, 1.82) is 0 Å². The number of carboxylic acid groups (broad SMARTS) is 2. The first kappa shape index (κ1) is 18.7. The zero-order chi connectivity index (χ0) is 14.5. The van der Waals surface area contributed by atoms with Gasteiger partial charge in [0.05, 0.1) is 0 Å². The molecule has 0 aliphatic heterocycles. The molecule has 112 valence electrons. The van der Waals surface area contributed by atoms with E-state index < -0.39 is 11.9 Å². The quantitative estimate of drug-likeness (QED) is 0.283. The van der Waals surface area contributed by atoms with Crippen LogP contribution in [0.3, 0.4) is 0 Å². The van der Waals surface area contributed by atoms with Gasteiger partial charge in [-0.1, -0.05) is 74.0 Å². The number of alkyl halides is 1. The molecule has 1 atom stereocenters. The molecule has 5 heteroatoms. The number of hydrogen-bond donors (Lipinski definition) is 2. The summed E-state index contributed by atoms with van der Waals surface area (Å²) in [6.07, 6.45) is 10.9. The molecule has 0 aromatic rings. The van der Waals surface area contributed by atoms with Crippen molar-refractivity contribution < 1.29 is 19.8 Å². The fourth-order valence-corrected chi connectivity index (χ4v) is 2.40. The highest BCUT2D eigenvalue weighted by Crippen LogP contribution is 2.14. The van der Waals surface area contributed by atoms with Gasteiger partial charge in [-0.05, 0) is 12.8 Å². The largest absolute Gasteiger partial charge is 0.481 e. The number of rotatable bonds is 13. The van der Waals surface area contributed by atoms with E-state index in [0.717, 1.165) is 38.5 Å². The molecule has 0 aliphatic carbocycles. The number of hydrogen-bond acceptors (Lipinski definition) is 2. The summed E-state index contributed by atoms with van der Waals surface area (Å²) in [5.74, 6) is -1.41. The number of aliphatic carboxylic acids is 2. The topological polar surface area (TPSA) is 74.6 Å². The first-order valence-corrected chi connectivity index (χ1v) is 8.37. The lowest BCUT2D eigenvalue weighted by atomic mass is 10.1. The number of unbranched alkanes of at least 4 members (excludes halogenated alkanes) is 8. The van der Waals surface area contributed by atoms with Gasteiger partial charge >= 0.3 is 11.9 Å². The molecule has 0 aliphatic rings. The van der Waals surface area contributed by atoms with Gasteiger partial charge in [-0.3, -0.25) is 9.59 Å². The van der Waals surface area contributed by atoms with Gasteiger partial charge < -0.3 is 10.2 Å². The van der Waals surface area contributed by atoms with Crippen LogP contribution < -0.4 is 0 Å². The van der Waals surface area contributed by atoms with E-state index in [2.05, 4.69) is 0 Å². The molecular formula is C14H25IO4. The third-order valence-corrected chi connectivity index (χ3v) is 4.27. The average Bonchev–Trinajstić information content (AvgIpc) is 2.35. The molecule has 0 saturated heterocycles. The molecule has 0 aromatic carbocycles. The molecule has 4 nitrogen and oxygen atoms in total. The Labute approximate surface area is 129 Å². The lowest BCUT2D eigenvalue weighted by molar-refractivity contribution is -0.137. The van der Waals surface area contributed by atoms with Crippen molar-refractivity contribution in [2.45, 2.75) is 74.6 Å². The summed E-state index contributed by atoms with van der Waals surface area (Å²) in [7, 11) is 0. The highest BCUT2D eigenvalue weighted by atomic mass is 127. The predicted molar refractivity (Wildman–Crippen MR) is 83.9 cm³/mol. The zero-order valence-corrected chi connectivity index (χ0v) is 13.6. The second-order valence-corrected chi connectivity index (χ2v) is 6.42. The Kier molecular flexibility index (Phi) is 12.5. The molecule has 0 radical (unpaired) electrons. The van der Waals surface area contributed by atoms with E-state index in [1.165, 1.54) is 25.7 Å². The van der Waals surface area contributed by atoms with Crippen LogP contribution in [0.25, 0.3) is 0 Å². The molecular weight excluding hydrogens is 359 g/mol. The molecule has 1 unspecified atom stereocenters. The minimum absolute atomic E-state index is 0.244. The van der Waals surface area contributed by atoms with E-state index in [4.69, 9.17) is 10.2 Å². The Hall–Kier alpha value is -0.330. The second-order valence-electron chi connectivity index (χ2n) is 4.92. The molecule has 0 heterocycles. The SMILES string of the molecule is O=C(O)CCCCCCCCCCCC(I)C(=O)O. The average molecular weight is 384 g/mol. The van der Waals surface area contributed by atoms with E-state index in [-0.39, 0.29) is 3.92 Å². The van der Waals surface area contributed by atoms with Crippen LogP contribution >= 0.6 is 22.6 Å². The van der Waals surface area contributed by atoms with Gasteiger partial charge in [-0.15, -0.1) is 0 Å². The monoisotopic (exact) mass is 384 g/mol. The van der Waals surface area contributed by atoms with Crippen LogP contribution in [-0.2, 0) is 9.59 Å². The lowest BCUT2D eigenvalue weighted by Crippen LogP contribution is -2.11. The van der Waals surface area contributed by atoms with Gasteiger partial charge in [-0.25, -0.2) is 0 Å². The molecule has 0 saturated carbocycles. The number of carboxylic acids is 2. The maximum Gasteiger partial charge on any atom is 0.316 e. The summed E-state index contributed by atoms with van der Waals surface area (Å²) in [6, 6.07) is 0. The van der Waals surface area contributed by atoms with Crippen molar-refractivity contribution in [3.8, 4) is 0 Å². The van der Waals surface area contributed by atoms with Gasteiger partial charge in [0.25, 0.3) is 0 Å². The van der Waals surface area contributed by atoms with Gasteiger partial charge in [0.2, 0.25) is 0 Å². The summed E-state index contributed by atoms with van der Waals surface area (Å²) in [5.41, 5.74) is 0. The summed E-state index contributed by atoms with van der Waals surface area (Å²) in [4.78, 5) is 20.9. The molecule has 0 fully saturated rings. The van der Waals surface area contributed by atoms with Gasteiger partial charge in [0.15, 0.2) is 0 Å². The fourth-order valence-electron chi connectivity index (χ4n) is 1.96. The smallest absolute Gasteiger partial charge is 0.316 e. The van der Waals surface area contributed by atoms with Crippen molar-refractivity contribution in [2.75, 3.05) is 0 Å². The summed E-state index contributed by atoms with van der Waals surface area (Å²) < 4.78 is -0.244. The third kappa shape index (κ3) is 13.9. The van der Waals surface area contributed by atoms with Crippen molar-refractivity contribution in [3.63, 3.8) is 0 Å². The van der Waals surface area contributed by atoms with Crippen LogP contribution in [0.15, 0.2) is 0 Å². The van der Waals surface area contributed by atoms with Gasteiger partial charge in [-0.2, -0.15) is 0 Å². The van der Waals surface area contributed by atoms with Crippen molar-refractivity contribution in [3.05, 3.63) is 0 Å². The normalized spacial score (nSPS) is 12.3. The third-order valence-electron chi connectivity index (χ3n) is 3.12. The van der Waals surface area contributed by atoms with E-state index in [0.29, 0.717) is 6.42 Å². The van der Waals surface area contributed by atoms with Crippen LogP contribution in [0.4, 0.5) is 0 Å². The molecule has 0 rings (SSSR count). The predicted octanol–water partition coefficient (Wildman–Crippen LogP) is 4.25. The maximum atomic E-state index is 10.6. The molecule has 0 spiro atoms. The van der Waals surface area contributed by atoms with Crippen molar-refractivity contribution in [1.82, 2.24) is 0 Å². The maximum absolute atomic E-state index is 10.6. The summed E-state index contributed by atoms with van der Waals surface area (Å²) in [5, 5.41) is 17.2. The van der Waals surface area contributed by atoms with Crippen LogP contribution in [0.1, 0.15) is 70.6 Å². The molecule has 0 aromatic heterocycles. The Morgan fingerprint density at radius 1 is 0.789 bits per heavy atom. The fraction of sp³-hybridized carbons (Fsp3) is 0.857. The van der Waals surface area contributed by atoms with Crippen molar-refractivity contribution >= 4 is 34.5 Å². The second kappa shape index (κ2) is 12.7. The van der Waals surface area contributed by atoms with Crippen LogP contribution in [0, 0.1) is 0 Å². The first-order valence-electron chi connectivity index (χ1n) is 7.12. The van der Waals surface area contributed by atoms with E-state index in [9.17, 15) is 9.59 Å². The lowest BCUT2D eigenvalue weighted by Gasteiger charge is -2.04. The standard InChI is InChI=1S/C14H25IO4/c15-12(14(18)19)10-8-6-4-2-1-3-5-7-9-11-13(16)17/h12H,1-11H2,(H,16,17)(H,18,19). The van der Waals surface area contributed by atoms with Gasteiger partial charge in [0.1, 0.15) is 3.92 Å². The molecule has 19 heavy (non-hydrogen) atoms. The Balaban J connectivity index is 3.11. The number of halogens is 1. The van der Waals surface area contributed by atoms with Crippen LogP contribution in [0.5, 0.6) is 0 Å². The van der Waals surface area contributed by atoms with E-state index in [1.807, 2.05) is 22.6 Å². The highest BCUT2D eigenvalue weighted by Gasteiger charge is 2.11. The van der Waals surface area contributed by atoms with E-state index >= 15 is 0 Å². The molecule has 0 bridgehead atoms. The summed E-state index contributed by atoms with van der Waals surface area (Å²) in [6.45, 7) is 0. The minimum Gasteiger partial charge on any atom is -0.481 e. The van der Waals surface area contributed by atoms with Crippen LogP contribution in [-0.4, -0.2) is 26.1 Å². The first-order chi connectivity index (χ1) is 9.04. The Morgan fingerprint density at radius 2 is 1.21 bits per heavy atom. The molecule has 2 N–H and O–H groups in total. The minimum atomic E-state index is -0.707. The highest BCUT2D eigenvalue weighted by molar-refractivity contribution is 14.1. The van der Waals surface area contributed by atoms with Crippen molar-refractivity contribution in [2.24, 2.45) is 0 Å². The summed E-state index contributed by atoms with van der Waals surface area (Å²) >= 11 is 1.98. The Morgan fingerprint density at radius 3 is 1.63 bits per heavy atom. The van der Waals surface area contributed by atoms with Crippen LogP contribution in [0.2, 0.25) is 0 Å².